The van der Waals surface area contributed by atoms with Gasteiger partial charge in [-0.05, 0) is 45.7 Å². The first-order valence-electron chi connectivity index (χ1n) is 12.1. The van der Waals surface area contributed by atoms with E-state index < -0.39 is 65.5 Å². The van der Waals surface area contributed by atoms with Crippen LogP contribution in [0.2, 0.25) is 0 Å². The Labute approximate surface area is 210 Å². The van der Waals surface area contributed by atoms with Gasteiger partial charge in [0, 0.05) is 12.0 Å². The van der Waals surface area contributed by atoms with Crippen LogP contribution in [-0.2, 0) is 28.5 Å². The second-order valence-corrected chi connectivity index (χ2v) is 9.93. The summed E-state index contributed by atoms with van der Waals surface area (Å²) in [7, 11) is 0. The fourth-order valence-electron chi connectivity index (χ4n) is 5.08. The standard InChI is InChI=1S/C24H28F3N3O7/c1-12(22(31)32)35-21-19(30-10-16(28-29-30)13-8-14(25)18(27)15(26)9-13)20-17(11-34-23(2,3)37-20)36-24(21)6-4-5-7-33-24/h8-10,12,17,19-21H,4-7,11H2,1-3H3,(H,31,32)/t12-,17-,19+,20+,21-,24+/m1/s1. The number of halogens is 3. The van der Waals surface area contributed by atoms with Gasteiger partial charge in [0.15, 0.2) is 35.1 Å². The largest absolute Gasteiger partial charge is 0.479 e. The number of aliphatic carboxylic acids is 1. The van der Waals surface area contributed by atoms with Gasteiger partial charge < -0.3 is 28.8 Å². The Hall–Kier alpha value is -2.58. The molecule has 10 nitrogen and oxygen atoms in total. The van der Waals surface area contributed by atoms with Crippen molar-refractivity contribution in [1.82, 2.24) is 15.0 Å². The number of carbonyl (C=O) groups is 1. The third-order valence-corrected chi connectivity index (χ3v) is 6.87. The average Bonchev–Trinajstić information content (AvgIpc) is 3.33. The topological polar surface area (TPSA) is 114 Å². The number of fused-ring (bicyclic) bond motifs is 1. The van der Waals surface area contributed by atoms with Crippen molar-refractivity contribution in [3.8, 4) is 11.3 Å². The summed E-state index contributed by atoms with van der Waals surface area (Å²) in [6.45, 7) is 5.39. The maximum Gasteiger partial charge on any atom is 0.332 e. The third-order valence-electron chi connectivity index (χ3n) is 6.87. The van der Waals surface area contributed by atoms with Gasteiger partial charge in [0.1, 0.15) is 30.0 Å². The molecule has 6 atom stereocenters. The zero-order chi connectivity index (χ0) is 26.5. The van der Waals surface area contributed by atoms with Gasteiger partial charge in [-0.2, -0.15) is 0 Å². The quantitative estimate of drug-likeness (QED) is 0.586. The number of carboxylic acid groups (broad SMARTS) is 1. The van der Waals surface area contributed by atoms with Crippen LogP contribution < -0.4 is 0 Å². The van der Waals surface area contributed by atoms with E-state index in [4.69, 9.17) is 23.7 Å². The Kier molecular flexibility index (Phi) is 6.77. The molecule has 1 aromatic heterocycles. The number of nitrogens with zero attached hydrogens (tertiary/aromatic N) is 3. The zero-order valence-corrected chi connectivity index (χ0v) is 20.5. The van der Waals surface area contributed by atoms with E-state index in [-0.39, 0.29) is 17.9 Å². The molecule has 13 heteroatoms. The van der Waals surface area contributed by atoms with Gasteiger partial charge in [0.25, 0.3) is 0 Å². The number of ether oxygens (including phenoxy) is 5. The van der Waals surface area contributed by atoms with E-state index in [1.165, 1.54) is 17.8 Å². The second kappa shape index (κ2) is 9.62. The molecule has 1 N–H and O–H groups in total. The molecule has 3 fully saturated rings. The van der Waals surface area contributed by atoms with Crippen LogP contribution >= 0.6 is 0 Å². The Morgan fingerprint density at radius 2 is 1.92 bits per heavy atom. The monoisotopic (exact) mass is 527 g/mol. The molecule has 3 aliphatic rings. The molecule has 1 spiro atoms. The van der Waals surface area contributed by atoms with Gasteiger partial charge in [-0.3, -0.25) is 0 Å². The van der Waals surface area contributed by atoms with Crippen LogP contribution in [0.5, 0.6) is 0 Å². The summed E-state index contributed by atoms with van der Waals surface area (Å²) >= 11 is 0. The van der Waals surface area contributed by atoms with Gasteiger partial charge in [-0.25, -0.2) is 22.6 Å². The predicted molar refractivity (Wildman–Crippen MR) is 119 cm³/mol. The second-order valence-electron chi connectivity index (χ2n) is 9.93. The highest BCUT2D eigenvalue weighted by molar-refractivity contribution is 5.71. The molecule has 202 valence electrons. The molecule has 0 unspecified atom stereocenters. The van der Waals surface area contributed by atoms with Gasteiger partial charge in [0.2, 0.25) is 0 Å². The van der Waals surface area contributed by atoms with Crippen LogP contribution in [0.4, 0.5) is 13.2 Å². The number of hydrogen-bond donors (Lipinski definition) is 1. The van der Waals surface area contributed by atoms with Crippen LogP contribution in [0.1, 0.15) is 46.1 Å². The van der Waals surface area contributed by atoms with Gasteiger partial charge in [-0.1, -0.05) is 5.21 Å². The smallest absolute Gasteiger partial charge is 0.332 e. The molecule has 0 aliphatic carbocycles. The molecule has 3 aliphatic heterocycles. The summed E-state index contributed by atoms with van der Waals surface area (Å²) < 4.78 is 73.4. The van der Waals surface area contributed by atoms with Crippen molar-refractivity contribution >= 4 is 5.97 Å². The van der Waals surface area contributed by atoms with E-state index in [0.29, 0.717) is 13.0 Å². The Balaban J connectivity index is 1.60. The van der Waals surface area contributed by atoms with Gasteiger partial charge in [0.05, 0.1) is 19.4 Å². The normalized spacial score (nSPS) is 32.2. The molecule has 4 heterocycles. The first-order chi connectivity index (χ1) is 17.5. The molecule has 0 amide bonds. The predicted octanol–water partition coefficient (Wildman–Crippen LogP) is 3.21. The summed E-state index contributed by atoms with van der Waals surface area (Å²) in [5.74, 6) is -7.82. The number of rotatable bonds is 5. The van der Waals surface area contributed by atoms with Crippen LogP contribution in [0.3, 0.4) is 0 Å². The average molecular weight is 527 g/mol. The highest BCUT2D eigenvalue weighted by atomic mass is 19.2. The lowest BCUT2D eigenvalue weighted by atomic mass is 9.85. The van der Waals surface area contributed by atoms with E-state index in [2.05, 4.69) is 10.3 Å². The summed E-state index contributed by atoms with van der Waals surface area (Å²) in [4.78, 5) is 11.8. The van der Waals surface area contributed by atoms with E-state index in [0.717, 1.165) is 25.0 Å². The minimum atomic E-state index is -1.59. The molecular formula is C24H28F3N3O7. The van der Waals surface area contributed by atoms with Crippen LogP contribution in [0.15, 0.2) is 18.3 Å². The highest BCUT2D eigenvalue weighted by Crippen LogP contribution is 2.48. The highest BCUT2D eigenvalue weighted by Gasteiger charge is 2.61. The fourth-order valence-corrected chi connectivity index (χ4v) is 5.08. The molecule has 1 aromatic carbocycles. The number of aromatic nitrogens is 3. The minimum Gasteiger partial charge on any atom is -0.479 e. The molecule has 3 saturated heterocycles. The summed E-state index contributed by atoms with van der Waals surface area (Å²) in [5, 5.41) is 17.8. The Bertz CT molecular complexity index is 1150. The summed E-state index contributed by atoms with van der Waals surface area (Å²) in [6, 6.07) is 0.817. The van der Waals surface area contributed by atoms with Crippen molar-refractivity contribution < 1.29 is 46.8 Å². The lowest BCUT2D eigenvalue weighted by Crippen LogP contribution is -2.69. The fraction of sp³-hybridized carbons (Fsp3) is 0.625. The molecule has 5 rings (SSSR count). The molecule has 0 radical (unpaired) electrons. The van der Waals surface area contributed by atoms with Crippen molar-refractivity contribution in [3.05, 3.63) is 35.8 Å². The summed E-state index contributed by atoms with van der Waals surface area (Å²) in [5.41, 5.74) is 0.0373. The number of carboxylic acids is 1. The lowest BCUT2D eigenvalue weighted by molar-refractivity contribution is -0.418. The van der Waals surface area contributed by atoms with E-state index in [1.807, 2.05) is 0 Å². The van der Waals surface area contributed by atoms with Crippen molar-refractivity contribution in [2.24, 2.45) is 0 Å². The van der Waals surface area contributed by atoms with Gasteiger partial charge in [-0.15, -0.1) is 5.10 Å². The molecule has 2 aromatic rings. The molecule has 0 saturated carbocycles. The Morgan fingerprint density at radius 3 is 2.57 bits per heavy atom. The van der Waals surface area contributed by atoms with E-state index in [1.54, 1.807) is 13.8 Å². The first-order valence-corrected chi connectivity index (χ1v) is 12.1. The van der Waals surface area contributed by atoms with Gasteiger partial charge >= 0.3 is 5.97 Å². The van der Waals surface area contributed by atoms with Crippen LogP contribution in [-0.4, -0.2) is 75.3 Å². The first kappa shape index (κ1) is 26.0. The lowest BCUT2D eigenvalue weighted by Gasteiger charge is -2.56. The van der Waals surface area contributed by atoms with Crippen molar-refractivity contribution in [2.45, 2.75) is 82.1 Å². The number of hydrogen-bond acceptors (Lipinski definition) is 8. The third kappa shape index (κ3) is 4.86. The zero-order valence-electron chi connectivity index (χ0n) is 20.5. The minimum absolute atomic E-state index is 0.0283. The SMILES string of the molecule is C[C@@H](O[C@@H]1[C@@H](n2cc(-c3cc(F)c(F)c(F)c3)nn2)[C@H]2OC(C)(C)OC[C@H]2O[C@@]12CCCCO2)C(=O)O. The maximum atomic E-state index is 13.9. The summed E-state index contributed by atoms with van der Waals surface area (Å²) in [6.07, 6.45) is -0.217. The van der Waals surface area contributed by atoms with Crippen LogP contribution in [0, 0.1) is 17.5 Å². The van der Waals surface area contributed by atoms with E-state index in [9.17, 15) is 23.1 Å². The molecule has 0 bridgehead atoms. The van der Waals surface area contributed by atoms with Crippen LogP contribution in [0.25, 0.3) is 11.3 Å². The van der Waals surface area contributed by atoms with Crippen molar-refractivity contribution in [1.29, 1.82) is 0 Å². The maximum absolute atomic E-state index is 13.9. The van der Waals surface area contributed by atoms with Crippen molar-refractivity contribution in [3.63, 3.8) is 0 Å². The Morgan fingerprint density at radius 1 is 1.19 bits per heavy atom. The van der Waals surface area contributed by atoms with E-state index >= 15 is 0 Å². The van der Waals surface area contributed by atoms with Crippen molar-refractivity contribution in [2.75, 3.05) is 13.2 Å². The number of benzene rings is 1. The molecule has 37 heavy (non-hydrogen) atoms. The molecular weight excluding hydrogens is 499 g/mol.